The number of hydrogen-bond donors (Lipinski definition) is 1. The Balaban J connectivity index is 1.51. The fraction of sp³-hybridized carbons (Fsp3) is 0.750. The lowest BCUT2D eigenvalue weighted by Crippen LogP contribution is -2.47. The van der Waals surface area contributed by atoms with Crippen LogP contribution in [0.15, 0.2) is 6.07 Å². The first-order chi connectivity index (χ1) is 16.7. The van der Waals surface area contributed by atoms with E-state index in [2.05, 4.69) is 63.5 Å². The minimum absolute atomic E-state index is 0.103. The summed E-state index contributed by atoms with van der Waals surface area (Å²) in [4.78, 5) is 9.12. The number of anilines is 1. The zero-order valence-corrected chi connectivity index (χ0v) is 25.5. The first kappa shape index (κ1) is 27.8. The van der Waals surface area contributed by atoms with Crippen molar-refractivity contribution in [3.8, 4) is 6.01 Å². The molecular formula is C24H41ClN4O5Si2. The van der Waals surface area contributed by atoms with Crippen LogP contribution < -0.4 is 10.5 Å². The van der Waals surface area contributed by atoms with E-state index in [1.807, 2.05) is 0 Å². The number of imidazole rings is 1. The second kappa shape index (κ2) is 10.2. The van der Waals surface area contributed by atoms with Crippen LogP contribution in [-0.2, 0) is 25.4 Å². The molecule has 0 radical (unpaired) electrons. The molecule has 4 rings (SSSR count). The van der Waals surface area contributed by atoms with Crippen LogP contribution in [0.5, 0.6) is 6.01 Å². The van der Waals surface area contributed by atoms with Crippen molar-refractivity contribution in [1.82, 2.24) is 14.5 Å². The van der Waals surface area contributed by atoms with E-state index in [0.717, 1.165) is 6.04 Å². The monoisotopic (exact) mass is 556 g/mol. The van der Waals surface area contributed by atoms with Crippen LogP contribution in [0.4, 0.5) is 5.82 Å². The number of nitrogens with two attached hydrogens (primary N) is 1. The molecule has 0 aliphatic carbocycles. The van der Waals surface area contributed by atoms with Crippen LogP contribution in [-0.4, -0.2) is 75.2 Å². The first-order valence-corrected chi connectivity index (χ1v) is 19.6. The van der Waals surface area contributed by atoms with Crippen LogP contribution >= 0.6 is 11.6 Å². The van der Waals surface area contributed by atoms with Crippen molar-refractivity contribution in [3.05, 3.63) is 11.1 Å². The molecule has 202 valence electrons. The zero-order valence-electron chi connectivity index (χ0n) is 22.8. The van der Waals surface area contributed by atoms with E-state index in [1.165, 1.54) is 0 Å². The number of rotatable bonds is 9. The highest BCUT2D eigenvalue weighted by atomic mass is 35.5. The van der Waals surface area contributed by atoms with Gasteiger partial charge in [0, 0.05) is 14.7 Å². The molecule has 0 aromatic carbocycles. The SMILES string of the molecule is CC(C)(C)[Si](C)(C)O[C@@H]1CO[C@H]2[C@@H]1OC[C@H]2Oc1nc2cc(Cl)c(N)nc2n1COCC[Si](C)(C)C. The van der Waals surface area contributed by atoms with Gasteiger partial charge in [0.1, 0.15) is 30.3 Å². The molecule has 2 aromatic heterocycles. The predicted molar refractivity (Wildman–Crippen MR) is 147 cm³/mol. The summed E-state index contributed by atoms with van der Waals surface area (Å²) in [5.41, 5.74) is 7.16. The lowest BCUT2D eigenvalue weighted by Gasteiger charge is -2.39. The number of nitrogens with zero attached hydrogens (tertiary/aromatic N) is 3. The standard InChI is InChI=1S/C24H41ClN4O5Si2/c1-24(2,3)36(7,8)34-18-13-32-19-17(12-31-20(18)19)33-23-27-16-11-15(25)21(26)28-22(16)29(23)14-30-9-10-35(4,5)6/h11,17-20H,9-10,12-14H2,1-8H3,(H2,26,28)/t17-,18-,19-,20-/m1/s1. The Hall–Kier alpha value is -1.22. The van der Waals surface area contributed by atoms with E-state index in [-0.39, 0.29) is 42.0 Å². The van der Waals surface area contributed by atoms with Crippen molar-refractivity contribution in [1.29, 1.82) is 0 Å². The van der Waals surface area contributed by atoms with E-state index in [9.17, 15) is 0 Å². The number of pyridine rings is 1. The maximum absolute atomic E-state index is 6.62. The molecule has 2 N–H and O–H groups in total. The Morgan fingerprint density at radius 3 is 2.36 bits per heavy atom. The van der Waals surface area contributed by atoms with Crippen molar-refractivity contribution in [2.24, 2.45) is 0 Å². The van der Waals surface area contributed by atoms with Gasteiger partial charge in [0.2, 0.25) is 0 Å². The molecule has 2 saturated heterocycles. The summed E-state index contributed by atoms with van der Waals surface area (Å²) in [6.45, 7) is 20.0. The van der Waals surface area contributed by atoms with E-state index in [4.69, 9.17) is 40.7 Å². The third-order valence-electron chi connectivity index (χ3n) is 7.35. The molecule has 4 atom stereocenters. The van der Waals surface area contributed by atoms with Crippen molar-refractivity contribution < 1.29 is 23.4 Å². The van der Waals surface area contributed by atoms with Crippen LogP contribution in [0.3, 0.4) is 0 Å². The van der Waals surface area contributed by atoms with Gasteiger partial charge >= 0.3 is 6.01 Å². The summed E-state index contributed by atoms with van der Waals surface area (Å²) in [7, 11) is -3.18. The molecule has 2 aliphatic heterocycles. The molecule has 4 heterocycles. The van der Waals surface area contributed by atoms with Crippen molar-refractivity contribution in [3.63, 3.8) is 0 Å². The summed E-state index contributed by atoms with van der Waals surface area (Å²) >= 11 is 6.22. The second-order valence-corrected chi connectivity index (χ2v) is 23.3. The van der Waals surface area contributed by atoms with E-state index < -0.39 is 16.4 Å². The van der Waals surface area contributed by atoms with Gasteiger partial charge in [-0.3, -0.25) is 4.57 Å². The molecule has 2 aromatic rings. The molecule has 0 unspecified atom stereocenters. The van der Waals surface area contributed by atoms with Gasteiger partial charge in [0.05, 0.1) is 24.3 Å². The Morgan fingerprint density at radius 2 is 1.72 bits per heavy atom. The lowest BCUT2D eigenvalue weighted by atomic mass is 10.1. The second-order valence-electron chi connectivity index (χ2n) is 12.5. The highest BCUT2D eigenvalue weighted by Gasteiger charge is 2.52. The maximum Gasteiger partial charge on any atom is 0.301 e. The van der Waals surface area contributed by atoms with Crippen LogP contribution in [0.2, 0.25) is 48.8 Å². The van der Waals surface area contributed by atoms with Gasteiger partial charge in [-0.05, 0) is 30.2 Å². The molecule has 2 fully saturated rings. The van der Waals surface area contributed by atoms with Crippen LogP contribution in [0, 0.1) is 0 Å². The van der Waals surface area contributed by atoms with Crippen LogP contribution in [0.1, 0.15) is 20.8 Å². The number of nitrogen functional groups attached to an aromatic ring is 1. The van der Waals surface area contributed by atoms with Crippen LogP contribution in [0.25, 0.3) is 11.2 Å². The highest BCUT2D eigenvalue weighted by Crippen LogP contribution is 2.40. The summed E-state index contributed by atoms with van der Waals surface area (Å²) in [5.74, 6) is 0.243. The van der Waals surface area contributed by atoms with Gasteiger partial charge in [-0.1, -0.05) is 52.0 Å². The van der Waals surface area contributed by atoms with Gasteiger partial charge in [0.15, 0.2) is 20.1 Å². The molecule has 0 spiro atoms. The number of halogens is 1. The quantitative estimate of drug-likeness (QED) is 0.343. The average molecular weight is 557 g/mol. The highest BCUT2D eigenvalue weighted by molar-refractivity contribution is 6.76. The predicted octanol–water partition coefficient (Wildman–Crippen LogP) is 4.91. The molecule has 0 bridgehead atoms. The maximum atomic E-state index is 6.62. The minimum Gasteiger partial charge on any atom is -0.456 e. The molecular weight excluding hydrogens is 516 g/mol. The third-order valence-corrected chi connectivity index (χ3v) is 13.9. The van der Waals surface area contributed by atoms with Gasteiger partial charge in [-0.2, -0.15) is 4.98 Å². The van der Waals surface area contributed by atoms with Crippen molar-refractivity contribution in [2.45, 2.75) is 95.7 Å². The molecule has 12 heteroatoms. The smallest absolute Gasteiger partial charge is 0.301 e. The molecule has 0 saturated carbocycles. The molecule has 2 aliphatic rings. The molecule has 36 heavy (non-hydrogen) atoms. The van der Waals surface area contributed by atoms with E-state index >= 15 is 0 Å². The summed E-state index contributed by atoms with van der Waals surface area (Å²) in [6, 6.07) is 3.15. The largest absolute Gasteiger partial charge is 0.456 e. The van der Waals surface area contributed by atoms with Crippen molar-refractivity contribution >= 4 is 45.0 Å². The Bertz CT molecular complexity index is 1090. The Kier molecular flexibility index (Phi) is 7.85. The van der Waals surface area contributed by atoms with E-state index in [0.29, 0.717) is 42.0 Å². The fourth-order valence-corrected chi connectivity index (χ4v) is 6.30. The molecule has 9 nitrogen and oxygen atoms in total. The summed E-state index contributed by atoms with van der Waals surface area (Å²) < 4.78 is 33.1. The Labute approximate surface area is 221 Å². The van der Waals surface area contributed by atoms with Gasteiger partial charge in [-0.15, -0.1) is 0 Å². The lowest BCUT2D eigenvalue weighted by molar-refractivity contribution is 0.00687. The van der Waals surface area contributed by atoms with Gasteiger partial charge < -0.3 is 29.1 Å². The van der Waals surface area contributed by atoms with Gasteiger partial charge in [-0.25, -0.2) is 4.98 Å². The number of ether oxygens (including phenoxy) is 4. The average Bonchev–Trinajstić information content (AvgIpc) is 3.40. The first-order valence-electron chi connectivity index (χ1n) is 12.6. The number of aromatic nitrogens is 3. The topological polar surface area (TPSA) is 103 Å². The fourth-order valence-electron chi connectivity index (χ4n) is 4.08. The summed E-state index contributed by atoms with van der Waals surface area (Å²) in [6.07, 6.45) is -0.831. The Morgan fingerprint density at radius 1 is 1.08 bits per heavy atom. The third kappa shape index (κ3) is 5.92. The minimum atomic E-state index is -1.96. The normalized spacial score (nSPS) is 25.0. The summed E-state index contributed by atoms with van der Waals surface area (Å²) in [5, 5.41) is 0.461. The van der Waals surface area contributed by atoms with Gasteiger partial charge in [0.25, 0.3) is 0 Å². The molecule has 0 amide bonds. The number of fused-ring (bicyclic) bond motifs is 2. The zero-order chi connectivity index (χ0) is 26.5. The number of hydrogen-bond acceptors (Lipinski definition) is 8. The van der Waals surface area contributed by atoms with Crippen molar-refractivity contribution in [2.75, 3.05) is 25.6 Å². The van der Waals surface area contributed by atoms with E-state index in [1.54, 1.807) is 10.6 Å².